The zero-order valence-corrected chi connectivity index (χ0v) is 13.9. The summed E-state index contributed by atoms with van der Waals surface area (Å²) in [5.74, 6) is 0.151. The minimum atomic E-state index is -0.565. The maximum absolute atomic E-state index is 12.7. The first-order valence-corrected chi connectivity index (χ1v) is 7.58. The number of carbonyl (C=O) groups is 2. The van der Waals surface area contributed by atoms with Crippen molar-refractivity contribution in [3.8, 4) is 5.75 Å². The van der Waals surface area contributed by atoms with Crippen LogP contribution in [0.5, 0.6) is 5.75 Å². The van der Waals surface area contributed by atoms with E-state index in [0.717, 1.165) is 5.56 Å². The van der Waals surface area contributed by atoms with Crippen LogP contribution in [0.2, 0.25) is 5.02 Å². The Bertz CT molecular complexity index is 600. The lowest BCUT2D eigenvalue weighted by Gasteiger charge is -2.36. The summed E-state index contributed by atoms with van der Waals surface area (Å²) in [4.78, 5) is 25.6. The molecule has 1 amide bonds. The Balaban J connectivity index is 2.41. The number of halogens is 1. The summed E-state index contributed by atoms with van der Waals surface area (Å²) in [6, 6.07) is 3.49. The molecular weight excluding hydrogens is 306 g/mol. The molecule has 0 aliphatic carbocycles. The van der Waals surface area contributed by atoms with Crippen molar-refractivity contribution in [2.45, 2.75) is 33.3 Å². The molecule has 1 aromatic carbocycles. The van der Waals surface area contributed by atoms with Crippen LogP contribution in [0.15, 0.2) is 12.1 Å². The third-order valence-corrected chi connectivity index (χ3v) is 3.86. The van der Waals surface area contributed by atoms with Crippen molar-refractivity contribution < 1.29 is 19.1 Å². The number of nitrogens with zero attached hydrogens (tertiary/aromatic N) is 1. The maximum atomic E-state index is 12.7. The Morgan fingerprint density at radius 1 is 1.45 bits per heavy atom. The molecule has 0 radical (unpaired) electrons. The molecule has 1 aliphatic rings. The first kappa shape index (κ1) is 16.6. The van der Waals surface area contributed by atoms with Gasteiger partial charge in [-0.1, -0.05) is 25.4 Å². The number of carbonyl (C=O) groups excluding carboxylic acids is 2. The number of amides is 1. The van der Waals surface area contributed by atoms with Crippen LogP contribution in [0.4, 0.5) is 5.69 Å². The summed E-state index contributed by atoms with van der Waals surface area (Å²) in [6.45, 7) is 5.98. The Kier molecular flexibility index (Phi) is 4.96. The Labute approximate surface area is 135 Å². The molecular formula is C16H20ClNO4. The van der Waals surface area contributed by atoms with Crippen molar-refractivity contribution in [2.75, 3.05) is 18.6 Å². The number of hydrogen-bond donors (Lipinski definition) is 0. The van der Waals surface area contributed by atoms with Crippen molar-refractivity contribution in [3.63, 3.8) is 0 Å². The fourth-order valence-corrected chi connectivity index (χ4v) is 2.74. The Morgan fingerprint density at radius 3 is 2.73 bits per heavy atom. The lowest BCUT2D eigenvalue weighted by atomic mass is 10.0. The number of anilines is 1. The average molecular weight is 326 g/mol. The van der Waals surface area contributed by atoms with Gasteiger partial charge in [-0.2, -0.15) is 0 Å². The normalized spacial score (nSPS) is 17.3. The quantitative estimate of drug-likeness (QED) is 0.799. The molecule has 1 aliphatic heterocycles. The van der Waals surface area contributed by atoms with Crippen LogP contribution in [0, 0.1) is 12.8 Å². The molecule has 1 unspecified atom stereocenters. The fraction of sp³-hybridized carbons (Fsp3) is 0.500. The van der Waals surface area contributed by atoms with E-state index in [4.69, 9.17) is 16.3 Å². The molecule has 0 aromatic heterocycles. The van der Waals surface area contributed by atoms with Gasteiger partial charge in [-0.15, -0.1) is 0 Å². The van der Waals surface area contributed by atoms with Gasteiger partial charge in [0.05, 0.1) is 19.2 Å². The summed E-state index contributed by atoms with van der Waals surface area (Å²) < 4.78 is 10.5. The van der Waals surface area contributed by atoms with Crippen molar-refractivity contribution in [2.24, 2.45) is 5.92 Å². The second-order valence-electron chi connectivity index (χ2n) is 5.67. The molecule has 0 fully saturated rings. The average Bonchev–Trinajstić information content (AvgIpc) is 2.45. The lowest BCUT2D eigenvalue weighted by Crippen LogP contribution is -2.49. The smallest absolute Gasteiger partial charge is 0.307 e. The lowest BCUT2D eigenvalue weighted by molar-refractivity contribution is -0.140. The molecule has 0 saturated carbocycles. The van der Waals surface area contributed by atoms with Gasteiger partial charge in [0.1, 0.15) is 5.75 Å². The number of hydrogen-bond acceptors (Lipinski definition) is 4. The minimum absolute atomic E-state index is 0.0244. The highest BCUT2D eigenvalue weighted by Crippen LogP contribution is 2.40. The molecule has 1 atom stereocenters. The van der Waals surface area contributed by atoms with Crippen LogP contribution in [-0.4, -0.2) is 31.6 Å². The van der Waals surface area contributed by atoms with E-state index in [1.54, 1.807) is 17.0 Å². The van der Waals surface area contributed by atoms with E-state index >= 15 is 0 Å². The molecule has 120 valence electrons. The maximum Gasteiger partial charge on any atom is 0.307 e. The Hall–Kier alpha value is -1.75. The number of fused-ring (bicyclic) bond motifs is 1. The second-order valence-corrected chi connectivity index (χ2v) is 6.11. The highest BCUT2D eigenvalue weighted by Gasteiger charge is 2.37. The molecule has 2 rings (SSSR count). The van der Waals surface area contributed by atoms with Crippen LogP contribution in [-0.2, 0) is 14.3 Å². The largest absolute Gasteiger partial charge is 0.478 e. The van der Waals surface area contributed by atoms with Gasteiger partial charge >= 0.3 is 5.97 Å². The van der Waals surface area contributed by atoms with Gasteiger partial charge in [-0.05, 0) is 30.5 Å². The van der Waals surface area contributed by atoms with Crippen LogP contribution in [0.3, 0.4) is 0 Å². The molecule has 1 aromatic rings. The van der Waals surface area contributed by atoms with Crippen LogP contribution < -0.4 is 9.64 Å². The zero-order chi connectivity index (χ0) is 16.4. The van der Waals surface area contributed by atoms with E-state index in [2.05, 4.69) is 4.74 Å². The molecule has 0 spiro atoms. The summed E-state index contributed by atoms with van der Waals surface area (Å²) in [7, 11) is 1.33. The van der Waals surface area contributed by atoms with Gasteiger partial charge in [0.15, 0.2) is 6.10 Å². The summed E-state index contributed by atoms with van der Waals surface area (Å²) in [6.07, 6.45) is -0.442. The number of rotatable bonds is 4. The summed E-state index contributed by atoms with van der Waals surface area (Å²) in [5.41, 5.74) is 1.47. The number of methoxy groups -OCH3 is 1. The van der Waals surface area contributed by atoms with E-state index < -0.39 is 6.10 Å². The number of ether oxygens (including phenoxy) is 2. The van der Waals surface area contributed by atoms with E-state index in [9.17, 15) is 9.59 Å². The number of aryl methyl sites for hydroxylation is 1. The standard InChI is InChI=1S/C16H20ClNO4/c1-9(2)14-16(20)18(6-5-13(19)21-4)12-8-11(17)7-10(3)15(12)22-14/h7-9,14H,5-6H2,1-4H3. The predicted octanol–water partition coefficient (Wildman–Crippen LogP) is 2.96. The number of esters is 1. The van der Waals surface area contributed by atoms with E-state index in [1.807, 2.05) is 20.8 Å². The van der Waals surface area contributed by atoms with Crippen molar-refractivity contribution in [1.82, 2.24) is 0 Å². The van der Waals surface area contributed by atoms with Crippen molar-refractivity contribution in [3.05, 3.63) is 22.7 Å². The molecule has 1 heterocycles. The molecule has 0 N–H and O–H groups in total. The predicted molar refractivity (Wildman–Crippen MR) is 84.4 cm³/mol. The molecule has 6 heteroatoms. The monoisotopic (exact) mass is 325 g/mol. The van der Waals surface area contributed by atoms with Crippen molar-refractivity contribution in [1.29, 1.82) is 0 Å². The van der Waals surface area contributed by atoms with Gasteiger partial charge in [-0.3, -0.25) is 9.59 Å². The van der Waals surface area contributed by atoms with Gasteiger partial charge in [-0.25, -0.2) is 0 Å². The first-order chi connectivity index (χ1) is 10.3. The molecule has 0 saturated heterocycles. The van der Waals surface area contributed by atoms with Crippen molar-refractivity contribution >= 4 is 29.2 Å². The van der Waals surface area contributed by atoms with E-state index in [1.165, 1.54) is 7.11 Å². The highest BCUT2D eigenvalue weighted by molar-refractivity contribution is 6.31. The van der Waals surface area contributed by atoms with Gasteiger partial charge in [0.2, 0.25) is 0 Å². The van der Waals surface area contributed by atoms with E-state index in [0.29, 0.717) is 16.5 Å². The van der Waals surface area contributed by atoms with Gasteiger partial charge in [0.25, 0.3) is 5.91 Å². The topological polar surface area (TPSA) is 55.8 Å². The molecule has 22 heavy (non-hydrogen) atoms. The zero-order valence-electron chi connectivity index (χ0n) is 13.2. The van der Waals surface area contributed by atoms with Crippen LogP contribution >= 0.6 is 11.6 Å². The van der Waals surface area contributed by atoms with Gasteiger partial charge in [0, 0.05) is 11.6 Å². The second kappa shape index (κ2) is 6.57. The van der Waals surface area contributed by atoms with Gasteiger partial charge < -0.3 is 14.4 Å². The first-order valence-electron chi connectivity index (χ1n) is 7.20. The highest BCUT2D eigenvalue weighted by atomic mass is 35.5. The summed E-state index contributed by atoms with van der Waals surface area (Å²) in [5, 5.41) is 0.527. The molecule has 0 bridgehead atoms. The van der Waals surface area contributed by atoms with E-state index in [-0.39, 0.29) is 30.8 Å². The summed E-state index contributed by atoms with van der Waals surface area (Å²) >= 11 is 6.10. The number of benzene rings is 1. The fourth-order valence-electron chi connectivity index (χ4n) is 2.47. The minimum Gasteiger partial charge on any atom is -0.478 e. The molecule has 5 nitrogen and oxygen atoms in total. The third kappa shape index (κ3) is 3.19. The Morgan fingerprint density at radius 2 is 2.14 bits per heavy atom. The third-order valence-electron chi connectivity index (χ3n) is 3.64. The van der Waals surface area contributed by atoms with Crippen LogP contribution in [0.25, 0.3) is 0 Å². The SMILES string of the molecule is COC(=O)CCN1C(=O)C(C(C)C)Oc2c(C)cc(Cl)cc21. The van der Waals surface area contributed by atoms with Crippen LogP contribution in [0.1, 0.15) is 25.8 Å².